The van der Waals surface area contributed by atoms with Crippen LogP contribution in [0.25, 0.3) is 0 Å². The molecule has 0 aliphatic heterocycles. The minimum absolute atomic E-state index is 0.196. The molecule has 1 N–H and O–H groups in total. The van der Waals surface area contributed by atoms with E-state index in [2.05, 4.69) is 5.32 Å². The van der Waals surface area contributed by atoms with Gasteiger partial charge < -0.3 is 14.8 Å². The lowest BCUT2D eigenvalue weighted by Gasteiger charge is -2.14. The number of hydrogen-bond donors (Lipinski definition) is 1. The smallest absolute Gasteiger partial charge is 0.347 e. The molecule has 0 radical (unpaired) electrons. The molecule has 5 heteroatoms. The largest absolute Gasteiger partial charge is 0.479 e. The molecule has 138 valence electrons. The van der Waals surface area contributed by atoms with Gasteiger partial charge in [0.25, 0.3) is 5.91 Å². The minimum atomic E-state index is -0.696. The first-order valence-corrected chi connectivity index (χ1v) is 8.81. The molecule has 0 unspecified atom stereocenters. The van der Waals surface area contributed by atoms with Gasteiger partial charge in [-0.15, -0.1) is 0 Å². The van der Waals surface area contributed by atoms with Crippen LogP contribution < -0.4 is 10.1 Å². The van der Waals surface area contributed by atoms with Crippen molar-refractivity contribution in [3.8, 4) is 5.75 Å². The van der Waals surface area contributed by atoms with Gasteiger partial charge in [0, 0.05) is 11.3 Å². The Kier molecular flexibility index (Phi) is 7.21. The molecule has 0 fully saturated rings. The quantitative estimate of drug-likeness (QED) is 0.564. The van der Waals surface area contributed by atoms with Crippen LogP contribution in [0.2, 0.25) is 0 Å². The summed E-state index contributed by atoms with van der Waals surface area (Å²) in [4.78, 5) is 24.1. The lowest BCUT2D eigenvalue weighted by Crippen LogP contribution is -2.26. The minimum Gasteiger partial charge on any atom is -0.479 e. The molecule has 0 aliphatic rings. The Balaban J connectivity index is 1.92. The van der Waals surface area contributed by atoms with E-state index in [9.17, 15) is 9.59 Å². The van der Waals surface area contributed by atoms with Gasteiger partial charge in [-0.25, -0.2) is 4.79 Å². The molecule has 0 aliphatic carbocycles. The number of esters is 1. The standard InChI is InChI=1S/C21H25NO4/c1-4-5-14-25-21(24)16(3)26-18-12-10-17(11-13-18)20(23)22-19-9-7-6-8-15(19)2/h6-13,16H,4-5,14H2,1-3H3,(H,22,23)/t16-/m1/s1. The van der Waals surface area contributed by atoms with Crippen LogP contribution in [0.5, 0.6) is 5.75 Å². The fraction of sp³-hybridized carbons (Fsp3) is 0.333. The highest BCUT2D eigenvalue weighted by molar-refractivity contribution is 6.04. The van der Waals surface area contributed by atoms with Crippen molar-refractivity contribution in [2.75, 3.05) is 11.9 Å². The Labute approximate surface area is 154 Å². The summed E-state index contributed by atoms with van der Waals surface area (Å²) in [5.41, 5.74) is 2.29. The van der Waals surface area contributed by atoms with Crippen LogP contribution in [0.15, 0.2) is 48.5 Å². The van der Waals surface area contributed by atoms with Gasteiger partial charge in [0.1, 0.15) is 5.75 Å². The van der Waals surface area contributed by atoms with Crippen LogP contribution in [0.4, 0.5) is 5.69 Å². The van der Waals surface area contributed by atoms with Crippen molar-refractivity contribution in [1.82, 2.24) is 0 Å². The second-order valence-corrected chi connectivity index (χ2v) is 6.07. The number of unbranched alkanes of at least 4 members (excludes halogenated alkanes) is 1. The highest BCUT2D eigenvalue weighted by atomic mass is 16.6. The number of carbonyl (C=O) groups excluding carboxylic acids is 2. The SMILES string of the molecule is CCCCOC(=O)[C@@H](C)Oc1ccc(C(=O)Nc2ccccc2C)cc1. The monoisotopic (exact) mass is 355 g/mol. The Hall–Kier alpha value is -2.82. The Bertz CT molecular complexity index is 740. The van der Waals surface area contributed by atoms with E-state index in [1.807, 2.05) is 38.1 Å². The molecule has 2 aromatic rings. The molecule has 0 saturated carbocycles. The van der Waals surface area contributed by atoms with Crippen LogP contribution in [-0.2, 0) is 9.53 Å². The fourth-order valence-electron chi connectivity index (χ4n) is 2.28. The Morgan fingerprint density at radius 1 is 1.08 bits per heavy atom. The lowest BCUT2D eigenvalue weighted by molar-refractivity contribution is -0.151. The maximum absolute atomic E-state index is 12.3. The van der Waals surface area contributed by atoms with E-state index in [0.29, 0.717) is 17.9 Å². The van der Waals surface area contributed by atoms with Crippen molar-refractivity contribution in [3.63, 3.8) is 0 Å². The van der Waals surface area contributed by atoms with Crippen molar-refractivity contribution >= 4 is 17.6 Å². The number of benzene rings is 2. The van der Waals surface area contributed by atoms with E-state index < -0.39 is 6.10 Å². The topological polar surface area (TPSA) is 64.6 Å². The molecule has 1 amide bonds. The number of ether oxygens (including phenoxy) is 2. The van der Waals surface area contributed by atoms with Gasteiger partial charge in [0.2, 0.25) is 0 Å². The number of carbonyl (C=O) groups is 2. The van der Waals surface area contributed by atoms with Crippen LogP contribution in [0.3, 0.4) is 0 Å². The third kappa shape index (κ3) is 5.62. The van der Waals surface area contributed by atoms with Gasteiger partial charge in [-0.1, -0.05) is 31.5 Å². The van der Waals surface area contributed by atoms with E-state index in [-0.39, 0.29) is 11.9 Å². The number of rotatable bonds is 8. The summed E-state index contributed by atoms with van der Waals surface area (Å²) in [6, 6.07) is 14.3. The molecule has 2 rings (SSSR count). The molecular formula is C21H25NO4. The molecule has 0 heterocycles. The molecule has 0 bridgehead atoms. The first kappa shape index (κ1) is 19.5. The summed E-state index contributed by atoms with van der Waals surface area (Å²) in [7, 11) is 0. The van der Waals surface area contributed by atoms with Crippen molar-refractivity contribution < 1.29 is 19.1 Å². The van der Waals surface area contributed by atoms with Crippen molar-refractivity contribution in [3.05, 3.63) is 59.7 Å². The number of aryl methyl sites for hydroxylation is 1. The molecular weight excluding hydrogens is 330 g/mol. The summed E-state index contributed by atoms with van der Waals surface area (Å²) in [5.74, 6) is -0.0740. The van der Waals surface area contributed by atoms with Crippen LogP contribution in [-0.4, -0.2) is 24.6 Å². The number of nitrogens with one attached hydrogen (secondary N) is 1. The van der Waals surface area contributed by atoms with E-state index in [1.165, 1.54) is 0 Å². The zero-order valence-corrected chi connectivity index (χ0v) is 15.5. The first-order valence-electron chi connectivity index (χ1n) is 8.81. The fourth-order valence-corrected chi connectivity index (χ4v) is 2.28. The summed E-state index contributed by atoms with van der Waals surface area (Å²) in [6.45, 7) is 6.02. The van der Waals surface area contributed by atoms with Crippen LogP contribution in [0.1, 0.15) is 42.6 Å². The second kappa shape index (κ2) is 9.61. The number of amides is 1. The molecule has 1 atom stereocenters. The molecule has 26 heavy (non-hydrogen) atoms. The third-order valence-electron chi connectivity index (χ3n) is 3.90. The summed E-state index contributed by atoms with van der Waals surface area (Å²) in [6.07, 6.45) is 1.11. The molecule has 0 saturated heterocycles. The van der Waals surface area contributed by atoms with E-state index in [0.717, 1.165) is 24.1 Å². The number of hydrogen-bond acceptors (Lipinski definition) is 4. The summed E-state index contributed by atoms with van der Waals surface area (Å²) in [5, 5.41) is 2.88. The summed E-state index contributed by atoms with van der Waals surface area (Å²) >= 11 is 0. The first-order chi connectivity index (χ1) is 12.5. The van der Waals surface area contributed by atoms with Crippen LogP contribution >= 0.6 is 0 Å². The van der Waals surface area contributed by atoms with Gasteiger partial charge >= 0.3 is 5.97 Å². The number of anilines is 1. The maximum atomic E-state index is 12.3. The average molecular weight is 355 g/mol. The van der Waals surface area contributed by atoms with E-state index in [1.54, 1.807) is 31.2 Å². The second-order valence-electron chi connectivity index (χ2n) is 6.07. The van der Waals surface area contributed by atoms with Gasteiger partial charge in [-0.3, -0.25) is 4.79 Å². The highest BCUT2D eigenvalue weighted by Gasteiger charge is 2.16. The predicted molar refractivity (Wildman–Crippen MR) is 102 cm³/mol. The van der Waals surface area contributed by atoms with Crippen molar-refractivity contribution in [2.45, 2.75) is 39.7 Å². The normalized spacial score (nSPS) is 11.5. The predicted octanol–water partition coefficient (Wildman–Crippen LogP) is 4.36. The van der Waals surface area contributed by atoms with Gasteiger partial charge in [-0.2, -0.15) is 0 Å². The average Bonchev–Trinajstić information content (AvgIpc) is 2.64. The highest BCUT2D eigenvalue weighted by Crippen LogP contribution is 2.17. The van der Waals surface area contributed by atoms with Gasteiger partial charge in [0.05, 0.1) is 6.61 Å². The number of para-hydroxylation sites is 1. The van der Waals surface area contributed by atoms with Crippen LogP contribution in [0, 0.1) is 6.92 Å². The van der Waals surface area contributed by atoms with E-state index in [4.69, 9.17) is 9.47 Å². The molecule has 2 aromatic carbocycles. The molecule has 5 nitrogen and oxygen atoms in total. The Morgan fingerprint density at radius 3 is 2.42 bits per heavy atom. The van der Waals surface area contributed by atoms with E-state index >= 15 is 0 Å². The molecule has 0 aromatic heterocycles. The maximum Gasteiger partial charge on any atom is 0.347 e. The van der Waals surface area contributed by atoms with Gasteiger partial charge in [-0.05, 0) is 56.2 Å². The third-order valence-corrected chi connectivity index (χ3v) is 3.90. The van der Waals surface area contributed by atoms with Crippen molar-refractivity contribution in [2.24, 2.45) is 0 Å². The molecule has 0 spiro atoms. The lowest BCUT2D eigenvalue weighted by atomic mass is 10.1. The zero-order valence-electron chi connectivity index (χ0n) is 15.5. The zero-order chi connectivity index (χ0) is 18.9. The Morgan fingerprint density at radius 2 is 1.77 bits per heavy atom. The summed E-state index contributed by atoms with van der Waals surface area (Å²) < 4.78 is 10.7. The van der Waals surface area contributed by atoms with Gasteiger partial charge in [0.15, 0.2) is 6.10 Å². The van der Waals surface area contributed by atoms with Crippen molar-refractivity contribution in [1.29, 1.82) is 0 Å².